The molecular weight excluding hydrogens is 398 g/mol. The van der Waals surface area contributed by atoms with Crippen LogP contribution >= 0.6 is 0 Å². The second kappa shape index (κ2) is 5.44. The number of carbonyl (C=O) groups is 1. The third kappa shape index (κ3) is 2.03. The summed E-state index contributed by atoms with van der Waals surface area (Å²) >= 11 is 0. The number of aromatic nitrogens is 1. The van der Waals surface area contributed by atoms with E-state index in [1.807, 2.05) is 0 Å². The minimum absolute atomic E-state index is 0.0485. The van der Waals surface area contributed by atoms with E-state index in [-0.39, 0.29) is 28.0 Å². The van der Waals surface area contributed by atoms with Crippen LogP contribution in [0, 0.1) is 11.8 Å². The van der Waals surface area contributed by atoms with Gasteiger partial charge < -0.3 is 15.0 Å². The summed E-state index contributed by atoms with van der Waals surface area (Å²) in [6.45, 7) is 13.3. The van der Waals surface area contributed by atoms with Gasteiger partial charge in [-0.3, -0.25) is 9.69 Å². The molecule has 2 bridgehead atoms. The second-order valence-corrected chi connectivity index (χ2v) is 12.2. The molecule has 2 N–H and O–H groups in total. The lowest BCUT2D eigenvalue weighted by Crippen LogP contribution is -2.83. The Hall–Kier alpha value is -2.27. The van der Waals surface area contributed by atoms with Gasteiger partial charge in [0.25, 0.3) is 0 Å². The molecule has 5 nitrogen and oxygen atoms in total. The minimum atomic E-state index is -0.311. The van der Waals surface area contributed by atoms with E-state index in [9.17, 15) is 4.79 Å². The SMILES string of the molecule is C[C@H]1CCN2C[C@]34Cc5c([nH]c6c7c(ccc56)OC(C)(C)C=C7)C(C)(C)[C@@H]3C[C@]12C(=O)N4. The first kappa shape index (κ1) is 19.2. The maximum atomic E-state index is 13.5. The zero-order valence-electron chi connectivity index (χ0n) is 19.8. The van der Waals surface area contributed by atoms with Gasteiger partial charge in [0, 0.05) is 28.6 Å². The van der Waals surface area contributed by atoms with Crippen molar-refractivity contribution in [2.24, 2.45) is 11.8 Å². The molecule has 0 saturated carbocycles. The summed E-state index contributed by atoms with van der Waals surface area (Å²) in [4.78, 5) is 19.9. The fraction of sp³-hybridized carbons (Fsp3) is 0.593. The highest BCUT2D eigenvalue weighted by Gasteiger charge is 2.70. The van der Waals surface area contributed by atoms with E-state index in [1.54, 1.807) is 0 Å². The molecule has 1 aromatic carbocycles. The number of piperidine rings is 2. The van der Waals surface area contributed by atoms with Gasteiger partial charge in [0.15, 0.2) is 0 Å². The Labute approximate surface area is 189 Å². The molecule has 0 unspecified atom stereocenters. The van der Waals surface area contributed by atoms with Crippen molar-refractivity contribution in [3.05, 3.63) is 35.0 Å². The van der Waals surface area contributed by atoms with Crippen molar-refractivity contribution < 1.29 is 9.53 Å². The first-order valence-corrected chi connectivity index (χ1v) is 12.2. The lowest BCUT2D eigenvalue weighted by molar-refractivity contribution is -0.164. The molecule has 4 fully saturated rings. The molecule has 32 heavy (non-hydrogen) atoms. The molecule has 8 rings (SSSR count). The van der Waals surface area contributed by atoms with Crippen molar-refractivity contribution in [2.45, 2.75) is 76.0 Å². The number of piperazine rings is 1. The smallest absolute Gasteiger partial charge is 0.241 e. The van der Waals surface area contributed by atoms with Crippen molar-refractivity contribution in [1.82, 2.24) is 15.2 Å². The summed E-state index contributed by atoms with van der Waals surface area (Å²) in [6.07, 6.45) is 7.36. The van der Waals surface area contributed by atoms with Crippen LogP contribution < -0.4 is 10.1 Å². The molecule has 2 spiro atoms. The van der Waals surface area contributed by atoms with Crippen molar-refractivity contribution in [1.29, 1.82) is 0 Å². The van der Waals surface area contributed by atoms with Crippen LogP contribution in [0.25, 0.3) is 17.0 Å². The Bertz CT molecular complexity index is 1240. The third-order valence-corrected chi connectivity index (χ3v) is 9.74. The summed E-state index contributed by atoms with van der Waals surface area (Å²) in [5.74, 6) is 2.06. The van der Waals surface area contributed by atoms with Gasteiger partial charge in [0.2, 0.25) is 5.91 Å². The van der Waals surface area contributed by atoms with E-state index >= 15 is 0 Å². The van der Waals surface area contributed by atoms with E-state index in [4.69, 9.17) is 4.74 Å². The molecule has 1 aliphatic carbocycles. The molecule has 6 aliphatic rings. The Morgan fingerprint density at radius 2 is 2.00 bits per heavy atom. The zero-order valence-corrected chi connectivity index (χ0v) is 19.8. The van der Waals surface area contributed by atoms with Crippen LogP contribution in [0.1, 0.15) is 64.3 Å². The summed E-state index contributed by atoms with van der Waals surface area (Å²) in [6, 6.07) is 4.35. The fourth-order valence-electron chi connectivity index (χ4n) is 8.10. The number of hydrogen-bond acceptors (Lipinski definition) is 3. The number of ether oxygens (including phenoxy) is 1. The highest BCUT2D eigenvalue weighted by molar-refractivity contribution is 5.96. The standard InChI is InChI=1S/C27H33N3O2/c1-15-9-11-30-14-26-12-18-16-6-7-19-17(8-10-24(2,3)32-19)21(16)28-22(18)25(4,5)20(26)13-27(15,30)23(31)29-26/h6-8,10,15,20,28H,9,11-14H2,1-5H3,(H,29,31)/t15-,20-,26+,27+/m0/s1. The van der Waals surface area contributed by atoms with Crippen molar-refractivity contribution in [3.8, 4) is 5.75 Å². The molecule has 6 heterocycles. The number of rotatable bonds is 0. The van der Waals surface area contributed by atoms with E-state index in [2.05, 4.69) is 74.1 Å². The topological polar surface area (TPSA) is 57.4 Å². The van der Waals surface area contributed by atoms with Crippen molar-refractivity contribution in [3.63, 3.8) is 0 Å². The Balaban J connectivity index is 1.43. The maximum absolute atomic E-state index is 13.5. The highest BCUT2D eigenvalue weighted by atomic mass is 16.5. The molecule has 5 aliphatic heterocycles. The van der Waals surface area contributed by atoms with Gasteiger partial charge in [-0.1, -0.05) is 20.8 Å². The second-order valence-electron chi connectivity index (χ2n) is 12.2. The average Bonchev–Trinajstić information content (AvgIpc) is 3.25. The van der Waals surface area contributed by atoms with E-state index in [1.165, 1.54) is 22.2 Å². The normalized spacial score (nSPS) is 38.0. The lowest BCUT2D eigenvalue weighted by atomic mass is 9.51. The van der Waals surface area contributed by atoms with Crippen LogP contribution in [0.2, 0.25) is 0 Å². The first-order chi connectivity index (χ1) is 15.1. The van der Waals surface area contributed by atoms with Crippen LogP contribution in [0.4, 0.5) is 0 Å². The molecule has 4 atom stereocenters. The van der Waals surface area contributed by atoms with Crippen LogP contribution in [0.5, 0.6) is 5.75 Å². The maximum Gasteiger partial charge on any atom is 0.241 e. The third-order valence-electron chi connectivity index (χ3n) is 9.74. The fourth-order valence-corrected chi connectivity index (χ4v) is 8.10. The summed E-state index contributed by atoms with van der Waals surface area (Å²) < 4.78 is 6.26. The number of hydrogen-bond donors (Lipinski definition) is 2. The van der Waals surface area contributed by atoms with E-state index < -0.39 is 0 Å². The predicted octanol–water partition coefficient (Wildman–Crippen LogP) is 4.15. The van der Waals surface area contributed by atoms with E-state index in [0.717, 1.165) is 43.7 Å². The molecule has 5 heteroatoms. The first-order valence-electron chi connectivity index (χ1n) is 12.2. The summed E-state index contributed by atoms with van der Waals surface area (Å²) in [5, 5.41) is 4.89. The van der Waals surface area contributed by atoms with Gasteiger partial charge in [-0.05, 0) is 81.3 Å². The quantitative estimate of drug-likeness (QED) is 0.659. The van der Waals surface area contributed by atoms with Crippen molar-refractivity contribution in [2.75, 3.05) is 13.1 Å². The molecule has 1 amide bonds. The van der Waals surface area contributed by atoms with Gasteiger partial charge in [-0.2, -0.15) is 0 Å². The molecule has 0 radical (unpaired) electrons. The summed E-state index contributed by atoms with van der Waals surface area (Å²) in [5.41, 5.74) is 4.23. The highest BCUT2D eigenvalue weighted by Crippen LogP contribution is 2.60. The number of amides is 1. The van der Waals surface area contributed by atoms with E-state index in [0.29, 0.717) is 11.8 Å². The Morgan fingerprint density at radius 3 is 2.81 bits per heavy atom. The molecule has 168 valence electrons. The Morgan fingerprint density at radius 1 is 1.19 bits per heavy atom. The monoisotopic (exact) mass is 431 g/mol. The van der Waals surface area contributed by atoms with Gasteiger partial charge in [0.05, 0.1) is 11.1 Å². The molecule has 2 aromatic rings. The van der Waals surface area contributed by atoms with Crippen LogP contribution in [0.15, 0.2) is 18.2 Å². The predicted molar refractivity (Wildman–Crippen MR) is 126 cm³/mol. The van der Waals surface area contributed by atoms with Crippen LogP contribution in [-0.4, -0.2) is 45.6 Å². The Kier molecular flexibility index (Phi) is 3.27. The molecule has 1 aromatic heterocycles. The number of benzene rings is 1. The largest absolute Gasteiger partial charge is 0.483 e. The van der Waals surface area contributed by atoms with Gasteiger partial charge in [-0.25, -0.2) is 0 Å². The lowest BCUT2D eigenvalue weighted by Gasteiger charge is -2.66. The number of fused-ring (bicyclic) bond motifs is 6. The summed E-state index contributed by atoms with van der Waals surface area (Å²) in [7, 11) is 0. The number of H-pyrrole nitrogens is 1. The minimum Gasteiger partial charge on any atom is -0.483 e. The number of nitrogens with one attached hydrogen (secondary N) is 2. The van der Waals surface area contributed by atoms with Crippen LogP contribution in [-0.2, 0) is 16.6 Å². The number of nitrogens with zero attached hydrogens (tertiary/aromatic N) is 1. The molecule has 4 saturated heterocycles. The van der Waals surface area contributed by atoms with Crippen molar-refractivity contribution >= 4 is 22.9 Å². The van der Waals surface area contributed by atoms with Crippen LogP contribution in [0.3, 0.4) is 0 Å². The number of aromatic amines is 1. The molecular formula is C27H33N3O2. The van der Waals surface area contributed by atoms with Gasteiger partial charge >= 0.3 is 0 Å². The average molecular weight is 432 g/mol. The van der Waals surface area contributed by atoms with Gasteiger partial charge in [0.1, 0.15) is 16.9 Å². The van der Waals surface area contributed by atoms with Gasteiger partial charge in [-0.15, -0.1) is 0 Å². The number of carbonyl (C=O) groups excluding carboxylic acids is 1. The zero-order chi connectivity index (χ0) is 22.3.